The first-order valence-electron chi connectivity index (χ1n) is 5.65. The molecule has 0 aromatic rings. The van der Waals surface area contributed by atoms with Crippen LogP contribution in [0.25, 0.3) is 0 Å². The van der Waals surface area contributed by atoms with Crippen LogP contribution in [0.5, 0.6) is 0 Å². The van der Waals surface area contributed by atoms with Crippen molar-refractivity contribution in [1.82, 2.24) is 3.53 Å². The van der Waals surface area contributed by atoms with Crippen LogP contribution < -0.4 is 3.53 Å². The quantitative estimate of drug-likeness (QED) is 0.189. The Morgan fingerprint density at radius 2 is 1.78 bits per heavy atom. The number of carboxylic acid groups (broad SMARTS) is 1. The minimum absolute atomic E-state index is 0.0967. The molecule has 0 amide bonds. The van der Waals surface area contributed by atoms with E-state index in [1.807, 2.05) is 0 Å². The van der Waals surface area contributed by atoms with Crippen LogP contribution in [0.3, 0.4) is 0 Å². The van der Waals surface area contributed by atoms with Crippen molar-refractivity contribution in [2.45, 2.75) is 5.54 Å². The second-order valence-electron chi connectivity index (χ2n) is 3.92. The van der Waals surface area contributed by atoms with Gasteiger partial charge in [0, 0.05) is 0 Å². The van der Waals surface area contributed by atoms with E-state index >= 15 is 0 Å². The van der Waals surface area contributed by atoms with Crippen LogP contribution >= 0.6 is 20.1 Å². The van der Waals surface area contributed by atoms with Gasteiger partial charge in [-0.1, -0.05) is 0 Å². The van der Waals surface area contributed by atoms with Gasteiger partial charge in [0.15, 0.2) is 0 Å². The van der Waals surface area contributed by atoms with Gasteiger partial charge in [0.1, 0.15) is 0 Å². The van der Waals surface area contributed by atoms with Crippen molar-refractivity contribution in [3.05, 3.63) is 25.3 Å². The number of aliphatic carboxylic acids is 1. The number of nitrogens with one attached hydrogen (secondary N) is 1. The predicted octanol–water partition coefficient (Wildman–Crippen LogP) is 1.24. The van der Waals surface area contributed by atoms with Crippen molar-refractivity contribution >= 4 is 26.1 Å². The Morgan fingerprint density at radius 1 is 1.28 bits per heavy atom. The molecule has 0 unspecified atom stereocenters. The van der Waals surface area contributed by atoms with Crippen LogP contribution in [0.1, 0.15) is 0 Å². The Labute approximate surface area is 115 Å². The van der Waals surface area contributed by atoms with E-state index < -0.39 is 31.6 Å². The number of rotatable bonds is 11. The molecule has 0 aromatic heterocycles. The van der Waals surface area contributed by atoms with Crippen LogP contribution in [0.15, 0.2) is 25.3 Å². The van der Waals surface area contributed by atoms with Gasteiger partial charge in [0.2, 0.25) is 0 Å². The van der Waals surface area contributed by atoms with E-state index in [9.17, 15) is 9.90 Å². The molecule has 1 fully saturated rings. The fourth-order valence-electron chi connectivity index (χ4n) is 1.28. The summed E-state index contributed by atoms with van der Waals surface area (Å²) in [4.78, 5) is 11.5. The summed E-state index contributed by atoms with van der Waals surface area (Å²) < 4.78 is 16.2. The van der Waals surface area contributed by atoms with Gasteiger partial charge in [0.05, 0.1) is 0 Å². The SMILES string of the molecule is C=CCOCC(COCC=C)(NI1CC1)C(=O)O. The third kappa shape index (κ3) is 5.05. The molecule has 1 aliphatic rings. The van der Waals surface area contributed by atoms with Crippen molar-refractivity contribution in [3.8, 4) is 0 Å². The molecule has 0 aliphatic carbocycles. The number of halogens is 1. The summed E-state index contributed by atoms with van der Waals surface area (Å²) in [6.07, 6.45) is 3.21. The van der Waals surface area contributed by atoms with Gasteiger partial charge in [-0.25, -0.2) is 0 Å². The monoisotopic (exact) mass is 369 g/mol. The summed E-state index contributed by atoms with van der Waals surface area (Å²) in [5, 5.41) is 9.45. The molecule has 1 aliphatic heterocycles. The zero-order chi connectivity index (χ0) is 13.4. The number of carboxylic acids is 1. The normalized spacial score (nSPS) is 16.3. The van der Waals surface area contributed by atoms with Gasteiger partial charge < -0.3 is 0 Å². The van der Waals surface area contributed by atoms with Crippen molar-refractivity contribution in [3.63, 3.8) is 0 Å². The maximum atomic E-state index is 11.5. The minimum atomic E-state index is -1.21. The van der Waals surface area contributed by atoms with Crippen LogP contribution in [0.2, 0.25) is 0 Å². The number of alkyl halides is 2. The second kappa shape index (κ2) is 7.88. The van der Waals surface area contributed by atoms with E-state index in [1.54, 1.807) is 12.2 Å². The molecule has 104 valence electrons. The summed E-state index contributed by atoms with van der Waals surface area (Å²) in [5.74, 6) is -0.917. The molecular formula is C12H20INO4. The van der Waals surface area contributed by atoms with E-state index in [1.165, 1.54) is 0 Å². The fourth-order valence-corrected chi connectivity index (χ4v) is 5.39. The Kier molecular flexibility index (Phi) is 6.83. The summed E-state index contributed by atoms with van der Waals surface area (Å²) in [6, 6.07) is 0. The number of hydrogen-bond donors (Lipinski definition) is 2. The van der Waals surface area contributed by atoms with E-state index in [-0.39, 0.29) is 13.2 Å². The molecule has 6 heteroatoms. The van der Waals surface area contributed by atoms with Gasteiger partial charge in [0.25, 0.3) is 0 Å². The van der Waals surface area contributed by atoms with Gasteiger partial charge in [-0.3, -0.25) is 0 Å². The third-order valence-electron chi connectivity index (χ3n) is 2.27. The standard InChI is InChI=1S/C12H20INO4/c1-3-7-17-9-12(11(15)16,10-18-8-4-2)14-13-5-6-13/h3-4,14H,1-2,5-10H2,(H,15,16). The zero-order valence-electron chi connectivity index (χ0n) is 10.4. The first kappa shape index (κ1) is 15.6. The Bertz CT molecular complexity index is 290. The van der Waals surface area contributed by atoms with Crippen LogP contribution in [0.4, 0.5) is 0 Å². The van der Waals surface area contributed by atoms with Gasteiger partial charge >= 0.3 is 115 Å². The zero-order valence-corrected chi connectivity index (χ0v) is 12.5. The molecule has 0 radical (unpaired) electrons. The molecule has 2 N–H and O–H groups in total. The summed E-state index contributed by atoms with van der Waals surface area (Å²) in [6.45, 7) is 7.97. The Morgan fingerprint density at radius 3 is 2.11 bits per heavy atom. The number of carbonyl (C=O) groups is 1. The van der Waals surface area contributed by atoms with Crippen molar-refractivity contribution in [2.24, 2.45) is 0 Å². The van der Waals surface area contributed by atoms with Crippen molar-refractivity contribution in [2.75, 3.05) is 35.3 Å². The summed E-state index contributed by atoms with van der Waals surface area (Å²) in [5.41, 5.74) is -1.12. The van der Waals surface area contributed by atoms with E-state index in [4.69, 9.17) is 9.47 Å². The Hall–Kier alpha value is -0.440. The topological polar surface area (TPSA) is 67.8 Å². The van der Waals surface area contributed by atoms with E-state index in [0.717, 1.165) is 8.86 Å². The van der Waals surface area contributed by atoms with Crippen LogP contribution in [0, 0.1) is 0 Å². The van der Waals surface area contributed by atoms with Gasteiger partial charge in [-0.05, 0) is 0 Å². The first-order valence-corrected chi connectivity index (χ1v) is 9.78. The molecule has 0 bridgehead atoms. The molecule has 0 atom stereocenters. The van der Waals surface area contributed by atoms with Gasteiger partial charge in [-0.15, -0.1) is 0 Å². The van der Waals surface area contributed by atoms with Crippen LogP contribution in [-0.2, 0) is 14.3 Å². The number of hydrogen-bond acceptors (Lipinski definition) is 4. The van der Waals surface area contributed by atoms with Crippen molar-refractivity contribution in [1.29, 1.82) is 0 Å². The molecule has 1 heterocycles. The summed E-state index contributed by atoms with van der Waals surface area (Å²) >= 11 is -1.21. The molecule has 0 saturated carbocycles. The molecule has 0 spiro atoms. The molecular weight excluding hydrogens is 349 g/mol. The number of ether oxygens (including phenoxy) is 2. The summed E-state index contributed by atoms with van der Waals surface area (Å²) in [7, 11) is 0. The average Bonchev–Trinajstić information content (AvgIpc) is 3.13. The molecule has 0 aromatic carbocycles. The predicted molar refractivity (Wildman–Crippen MR) is 79.3 cm³/mol. The molecule has 18 heavy (non-hydrogen) atoms. The van der Waals surface area contributed by atoms with Gasteiger partial charge in [-0.2, -0.15) is 0 Å². The molecule has 1 saturated heterocycles. The first-order chi connectivity index (χ1) is 8.64. The average molecular weight is 369 g/mol. The third-order valence-corrected chi connectivity index (χ3v) is 6.22. The fraction of sp³-hybridized carbons (Fsp3) is 0.583. The maximum absolute atomic E-state index is 11.5. The second-order valence-corrected chi connectivity index (χ2v) is 9.22. The van der Waals surface area contributed by atoms with E-state index in [0.29, 0.717) is 13.2 Å². The van der Waals surface area contributed by atoms with Crippen LogP contribution in [-0.4, -0.2) is 51.9 Å². The molecule has 1 rings (SSSR count). The van der Waals surface area contributed by atoms with Crippen molar-refractivity contribution < 1.29 is 19.4 Å². The van der Waals surface area contributed by atoms with E-state index in [2.05, 4.69) is 16.7 Å². The Balaban J connectivity index is 2.61. The molecule has 5 nitrogen and oxygen atoms in total.